The highest BCUT2D eigenvalue weighted by atomic mass is 16.1. The average Bonchev–Trinajstić information content (AvgIpc) is 2.44. The summed E-state index contributed by atoms with van der Waals surface area (Å²) < 4.78 is 0. The lowest BCUT2D eigenvalue weighted by atomic mass is 10.1. The van der Waals surface area contributed by atoms with E-state index in [-0.39, 0.29) is 5.91 Å². The number of nitrogens with zero attached hydrogens (tertiary/aromatic N) is 1. The zero-order valence-corrected chi connectivity index (χ0v) is 12.9. The third-order valence-corrected chi connectivity index (χ3v) is 3.56. The number of carbonyl (C=O) groups is 1. The first kappa shape index (κ1) is 14.9. The van der Waals surface area contributed by atoms with Crippen molar-refractivity contribution in [2.24, 2.45) is 0 Å². The molecule has 3 N–H and O–H groups in total. The molecule has 0 bridgehead atoms. The highest BCUT2D eigenvalue weighted by molar-refractivity contribution is 6.06. The number of nitrogens with one attached hydrogen (secondary N) is 1. The van der Waals surface area contributed by atoms with E-state index in [9.17, 15) is 4.79 Å². The topological polar surface area (TPSA) is 58.4 Å². The maximum atomic E-state index is 12.3. The van der Waals surface area contributed by atoms with Gasteiger partial charge in [0.15, 0.2) is 0 Å². The molecule has 0 saturated heterocycles. The standard InChI is InChI=1S/C17H21N3O/c1-11-9-15(18)16(10-12(11)2)19-17(21)13-5-7-14(8-6-13)20(3)4/h5-10H,18H2,1-4H3,(H,19,21). The molecular weight excluding hydrogens is 262 g/mol. The Labute approximate surface area is 125 Å². The number of nitrogen functional groups attached to an aromatic ring is 1. The molecule has 0 fully saturated rings. The number of anilines is 3. The van der Waals surface area contributed by atoms with Crippen molar-refractivity contribution >= 4 is 23.0 Å². The fraction of sp³-hybridized carbons (Fsp3) is 0.235. The second-order valence-electron chi connectivity index (χ2n) is 5.42. The third kappa shape index (κ3) is 3.34. The summed E-state index contributed by atoms with van der Waals surface area (Å²) in [5.74, 6) is -0.157. The Kier molecular flexibility index (Phi) is 4.17. The van der Waals surface area contributed by atoms with Gasteiger partial charge in [-0.3, -0.25) is 4.79 Å². The second kappa shape index (κ2) is 5.87. The van der Waals surface area contributed by atoms with Crippen LogP contribution in [-0.4, -0.2) is 20.0 Å². The maximum absolute atomic E-state index is 12.3. The Bertz CT molecular complexity index is 660. The van der Waals surface area contributed by atoms with Crippen molar-refractivity contribution in [2.75, 3.05) is 30.0 Å². The number of aryl methyl sites for hydroxylation is 2. The van der Waals surface area contributed by atoms with Gasteiger partial charge in [0.05, 0.1) is 11.4 Å². The maximum Gasteiger partial charge on any atom is 0.255 e. The first-order valence-corrected chi connectivity index (χ1v) is 6.84. The molecule has 0 aliphatic heterocycles. The predicted octanol–water partition coefficient (Wildman–Crippen LogP) is 3.20. The van der Waals surface area contributed by atoms with E-state index in [1.165, 1.54) is 0 Å². The zero-order valence-electron chi connectivity index (χ0n) is 12.9. The molecule has 0 atom stereocenters. The Hall–Kier alpha value is -2.49. The van der Waals surface area contributed by atoms with E-state index >= 15 is 0 Å². The lowest BCUT2D eigenvalue weighted by Gasteiger charge is -2.13. The molecule has 0 aromatic heterocycles. The molecule has 110 valence electrons. The summed E-state index contributed by atoms with van der Waals surface area (Å²) in [7, 11) is 3.93. The Morgan fingerprint density at radius 3 is 2.19 bits per heavy atom. The average molecular weight is 283 g/mol. The number of nitrogens with two attached hydrogens (primary N) is 1. The summed E-state index contributed by atoms with van der Waals surface area (Å²) in [5, 5.41) is 2.87. The number of benzene rings is 2. The van der Waals surface area contributed by atoms with Gasteiger partial charge in [0, 0.05) is 25.3 Å². The van der Waals surface area contributed by atoms with Crippen LogP contribution in [0.25, 0.3) is 0 Å². The molecule has 1 amide bonds. The van der Waals surface area contributed by atoms with Gasteiger partial charge in [-0.2, -0.15) is 0 Å². The number of hydrogen-bond acceptors (Lipinski definition) is 3. The predicted molar refractivity (Wildman–Crippen MR) is 89.1 cm³/mol. The van der Waals surface area contributed by atoms with Crippen molar-refractivity contribution in [2.45, 2.75) is 13.8 Å². The molecule has 4 heteroatoms. The molecule has 2 aromatic rings. The molecule has 0 aliphatic rings. The van der Waals surface area contributed by atoms with Crippen LogP contribution in [0.5, 0.6) is 0 Å². The summed E-state index contributed by atoms with van der Waals surface area (Å²) in [4.78, 5) is 14.3. The van der Waals surface area contributed by atoms with Crippen LogP contribution in [0.15, 0.2) is 36.4 Å². The van der Waals surface area contributed by atoms with Crippen LogP contribution in [-0.2, 0) is 0 Å². The normalized spacial score (nSPS) is 10.3. The quantitative estimate of drug-likeness (QED) is 0.850. The van der Waals surface area contributed by atoms with Crippen LogP contribution in [0.3, 0.4) is 0 Å². The summed E-state index contributed by atoms with van der Waals surface area (Å²) >= 11 is 0. The molecule has 21 heavy (non-hydrogen) atoms. The van der Waals surface area contributed by atoms with Crippen LogP contribution in [0.1, 0.15) is 21.5 Å². The molecule has 2 rings (SSSR count). The summed E-state index contributed by atoms with van der Waals surface area (Å²) in [6.07, 6.45) is 0. The number of hydrogen-bond donors (Lipinski definition) is 2. The zero-order chi connectivity index (χ0) is 15.6. The van der Waals surface area contributed by atoms with Crippen molar-refractivity contribution in [3.63, 3.8) is 0 Å². The second-order valence-corrected chi connectivity index (χ2v) is 5.42. The minimum absolute atomic E-state index is 0.157. The van der Waals surface area contributed by atoms with E-state index in [1.54, 1.807) is 0 Å². The van der Waals surface area contributed by atoms with Gasteiger partial charge in [0.25, 0.3) is 5.91 Å². The summed E-state index contributed by atoms with van der Waals surface area (Å²) in [5.41, 5.74) is 11.1. The fourth-order valence-corrected chi connectivity index (χ4v) is 2.05. The van der Waals surface area contributed by atoms with Crippen molar-refractivity contribution in [1.29, 1.82) is 0 Å². The molecule has 0 heterocycles. The van der Waals surface area contributed by atoms with Gasteiger partial charge in [0.1, 0.15) is 0 Å². The Balaban J connectivity index is 2.20. The third-order valence-electron chi connectivity index (χ3n) is 3.56. The SMILES string of the molecule is Cc1cc(N)c(NC(=O)c2ccc(N(C)C)cc2)cc1C. The van der Waals surface area contributed by atoms with Crippen molar-refractivity contribution in [3.8, 4) is 0 Å². The molecule has 4 nitrogen and oxygen atoms in total. The van der Waals surface area contributed by atoms with Crippen molar-refractivity contribution in [3.05, 3.63) is 53.1 Å². The minimum atomic E-state index is -0.157. The Morgan fingerprint density at radius 2 is 1.62 bits per heavy atom. The molecule has 0 unspecified atom stereocenters. The number of amides is 1. The van der Waals surface area contributed by atoms with Crippen LogP contribution in [0.2, 0.25) is 0 Å². The van der Waals surface area contributed by atoms with Gasteiger partial charge in [0.2, 0.25) is 0 Å². The number of rotatable bonds is 3. The van der Waals surface area contributed by atoms with E-state index in [1.807, 2.05) is 69.2 Å². The van der Waals surface area contributed by atoms with Crippen LogP contribution >= 0.6 is 0 Å². The first-order chi connectivity index (χ1) is 9.88. The summed E-state index contributed by atoms with van der Waals surface area (Å²) in [6, 6.07) is 11.2. The largest absolute Gasteiger partial charge is 0.397 e. The molecule has 0 spiro atoms. The van der Waals surface area contributed by atoms with Gasteiger partial charge >= 0.3 is 0 Å². The van der Waals surface area contributed by atoms with Crippen LogP contribution < -0.4 is 16.0 Å². The highest BCUT2D eigenvalue weighted by Gasteiger charge is 2.09. The lowest BCUT2D eigenvalue weighted by molar-refractivity contribution is 0.102. The van der Waals surface area contributed by atoms with Crippen molar-refractivity contribution < 1.29 is 4.79 Å². The van der Waals surface area contributed by atoms with Gasteiger partial charge in [-0.05, 0) is 61.4 Å². The fourth-order valence-electron chi connectivity index (χ4n) is 2.05. The van der Waals surface area contributed by atoms with E-state index < -0.39 is 0 Å². The Morgan fingerprint density at radius 1 is 1.05 bits per heavy atom. The van der Waals surface area contributed by atoms with Crippen LogP contribution in [0, 0.1) is 13.8 Å². The van der Waals surface area contributed by atoms with Gasteiger partial charge < -0.3 is 16.0 Å². The minimum Gasteiger partial charge on any atom is -0.397 e. The highest BCUT2D eigenvalue weighted by Crippen LogP contribution is 2.23. The van der Waals surface area contributed by atoms with E-state index in [0.717, 1.165) is 16.8 Å². The first-order valence-electron chi connectivity index (χ1n) is 6.84. The van der Waals surface area contributed by atoms with Crippen LogP contribution in [0.4, 0.5) is 17.1 Å². The molecule has 2 aromatic carbocycles. The van der Waals surface area contributed by atoms with Gasteiger partial charge in [-0.25, -0.2) is 0 Å². The summed E-state index contributed by atoms with van der Waals surface area (Å²) in [6.45, 7) is 3.99. The van der Waals surface area contributed by atoms with Gasteiger partial charge in [-0.1, -0.05) is 0 Å². The van der Waals surface area contributed by atoms with Gasteiger partial charge in [-0.15, -0.1) is 0 Å². The molecule has 0 aliphatic carbocycles. The van der Waals surface area contributed by atoms with Crippen molar-refractivity contribution in [1.82, 2.24) is 0 Å². The van der Waals surface area contributed by atoms with E-state index in [2.05, 4.69) is 5.32 Å². The monoisotopic (exact) mass is 283 g/mol. The lowest BCUT2D eigenvalue weighted by Crippen LogP contribution is -2.14. The molecule has 0 saturated carbocycles. The number of carbonyl (C=O) groups excluding carboxylic acids is 1. The molecular formula is C17H21N3O. The smallest absolute Gasteiger partial charge is 0.255 e. The van der Waals surface area contributed by atoms with E-state index in [0.29, 0.717) is 16.9 Å². The van der Waals surface area contributed by atoms with E-state index in [4.69, 9.17) is 5.73 Å². The molecule has 0 radical (unpaired) electrons.